The monoisotopic (exact) mass is 782 g/mol. The molecule has 1 aliphatic rings. The van der Waals surface area contributed by atoms with Crippen molar-refractivity contribution in [3.05, 3.63) is 65.5 Å². The van der Waals surface area contributed by atoms with Crippen LogP contribution in [0.2, 0.25) is 0 Å². The van der Waals surface area contributed by atoms with E-state index >= 15 is 0 Å². The van der Waals surface area contributed by atoms with Crippen LogP contribution in [-0.4, -0.2) is 101 Å². The molecule has 1 fully saturated rings. The van der Waals surface area contributed by atoms with Crippen LogP contribution in [-0.2, 0) is 32.9 Å². The first-order valence-corrected chi connectivity index (χ1v) is 19.5. The summed E-state index contributed by atoms with van der Waals surface area (Å²) in [5, 5.41) is 33.0. The fourth-order valence-electron chi connectivity index (χ4n) is 6.81. The number of aliphatic hydroxyl groups is 2. The molecule has 6 N–H and O–H groups in total. The maximum absolute atomic E-state index is 14.6. The number of hydrogen-bond donors (Lipinski definition) is 6. The van der Waals surface area contributed by atoms with E-state index in [1.54, 1.807) is 42.0 Å². The van der Waals surface area contributed by atoms with Gasteiger partial charge in [-0.3, -0.25) is 20.0 Å². The van der Waals surface area contributed by atoms with Gasteiger partial charge in [-0.2, -0.15) is 0 Å². The normalized spacial score (nSPS) is 16.9. The van der Waals surface area contributed by atoms with Crippen LogP contribution in [0.5, 0.6) is 0 Å². The smallest absolute Gasteiger partial charge is 0.406 e. The topological polar surface area (TPSA) is 185 Å². The Morgan fingerprint density at radius 1 is 1.00 bits per heavy atom. The highest BCUT2D eigenvalue weighted by Crippen LogP contribution is 2.34. The van der Waals surface area contributed by atoms with Crippen molar-refractivity contribution in [2.45, 2.75) is 119 Å². The largest absolute Gasteiger partial charge is 0.453 e. The van der Waals surface area contributed by atoms with Gasteiger partial charge in [-0.25, -0.2) is 14.6 Å². The van der Waals surface area contributed by atoms with E-state index in [9.17, 15) is 29.4 Å². The number of carbonyl (C=O) groups excluding carboxylic acids is 4. The molecule has 1 aliphatic heterocycles. The third-order valence-electron chi connectivity index (χ3n) is 9.94. The molecule has 3 rings (SSSR count). The Balaban J connectivity index is 1.89. The highest BCUT2D eigenvalue weighted by atomic mass is 16.5. The van der Waals surface area contributed by atoms with Gasteiger partial charge < -0.3 is 35.8 Å². The first kappa shape index (κ1) is 46.1. The minimum atomic E-state index is -1.17. The Hall–Kier alpha value is -4.27. The molecule has 4 unspecified atom stereocenters. The number of hydrazine groups is 1. The minimum absolute atomic E-state index is 0.0272. The predicted octanol–water partition coefficient (Wildman–Crippen LogP) is 4.50. The number of hydrogen-bond acceptors (Lipinski definition) is 9. The summed E-state index contributed by atoms with van der Waals surface area (Å²) in [5.74, 6) is -1.28. The molecule has 4 atom stereocenters. The summed E-state index contributed by atoms with van der Waals surface area (Å²) in [5.41, 5.74) is 2.52. The predicted molar refractivity (Wildman–Crippen MR) is 216 cm³/mol. The van der Waals surface area contributed by atoms with Crippen molar-refractivity contribution in [1.29, 1.82) is 0 Å². The first-order chi connectivity index (χ1) is 25.9. The summed E-state index contributed by atoms with van der Waals surface area (Å²) in [7, 11) is 1.28. The summed E-state index contributed by atoms with van der Waals surface area (Å²) in [6.07, 6.45) is -0.565. The van der Waals surface area contributed by atoms with Gasteiger partial charge in [0.25, 0.3) is 0 Å². The third kappa shape index (κ3) is 14.7. The van der Waals surface area contributed by atoms with Gasteiger partial charge in [-0.1, -0.05) is 91.8 Å². The van der Waals surface area contributed by atoms with Crippen LogP contribution in [0.3, 0.4) is 0 Å². The molecular weight excluding hydrogens is 715 g/mol. The lowest BCUT2D eigenvalue weighted by molar-refractivity contribution is -0.133. The number of nitrogens with one attached hydrogen (secondary N) is 4. The van der Waals surface area contributed by atoms with Crippen LogP contribution in [0, 0.1) is 22.2 Å². The second-order valence-corrected chi connectivity index (χ2v) is 18.6. The van der Waals surface area contributed by atoms with E-state index in [2.05, 4.69) is 51.9 Å². The minimum Gasteiger partial charge on any atom is -0.453 e. The summed E-state index contributed by atoms with van der Waals surface area (Å²) < 4.78 is 4.68. The van der Waals surface area contributed by atoms with Gasteiger partial charge in [-0.05, 0) is 60.6 Å². The van der Waals surface area contributed by atoms with Crippen LogP contribution < -0.4 is 21.4 Å². The molecule has 0 radical (unpaired) electrons. The number of amides is 5. The van der Waals surface area contributed by atoms with E-state index < -0.39 is 46.6 Å². The van der Waals surface area contributed by atoms with Crippen molar-refractivity contribution >= 4 is 23.9 Å². The van der Waals surface area contributed by atoms with E-state index in [0.29, 0.717) is 30.8 Å². The van der Waals surface area contributed by atoms with E-state index in [4.69, 9.17) is 0 Å². The number of benzene rings is 1. The molecule has 1 aromatic carbocycles. The van der Waals surface area contributed by atoms with Crippen LogP contribution in [0.15, 0.2) is 48.5 Å². The van der Waals surface area contributed by atoms with Gasteiger partial charge in [0.2, 0.25) is 11.8 Å². The lowest BCUT2D eigenvalue weighted by Crippen LogP contribution is -2.57. The van der Waals surface area contributed by atoms with Crippen LogP contribution in [0.25, 0.3) is 0 Å². The van der Waals surface area contributed by atoms with E-state index in [1.807, 2.05) is 65.0 Å². The zero-order chi connectivity index (χ0) is 42.1. The van der Waals surface area contributed by atoms with Crippen molar-refractivity contribution in [2.75, 3.05) is 33.3 Å². The van der Waals surface area contributed by atoms with Crippen molar-refractivity contribution < 1.29 is 34.1 Å². The Kier molecular flexibility index (Phi) is 15.9. The van der Waals surface area contributed by atoms with Crippen molar-refractivity contribution in [3.63, 3.8) is 0 Å². The zero-order valence-electron chi connectivity index (χ0n) is 35.4. The number of carbonyl (C=O) groups is 4. The molecule has 0 spiro atoms. The number of alkyl carbamates (subject to hydrolysis) is 1. The molecule has 312 valence electrons. The highest BCUT2D eigenvalue weighted by molar-refractivity contribution is 5.84. The summed E-state index contributed by atoms with van der Waals surface area (Å²) >= 11 is 0. The second-order valence-electron chi connectivity index (χ2n) is 18.6. The molecule has 2 aromatic rings. The van der Waals surface area contributed by atoms with E-state index in [1.165, 1.54) is 7.11 Å². The maximum Gasteiger partial charge on any atom is 0.406 e. The van der Waals surface area contributed by atoms with Crippen molar-refractivity contribution in [2.24, 2.45) is 22.2 Å². The summed E-state index contributed by atoms with van der Waals surface area (Å²) in [4.78, 5) is 59.3. The number of ether oxygens (including phenoxy) is 1. The number of nitrogens with zero attached hydrogens (tertiary/aromatic N) is 3. The Labute approximate surface area is 333 Å². The summed E-state index contributed by atoms with van der Waals surface area (Å²) in [6.45, 7) is 20.3. The Morgan fingerprint density at radius 3 is 2.25 bits per heavy atom. The quantitative estimate of drug-likeness (QED) is 0.119. The van der Waals surface area contributed by atoms with Gasteiger partial charge in [0.15, 0.2) is 0 Å². The fourth-order valence-corrected chi connectivity index (χ4v) is 6.81. The highest BCUT2D eigenvalue weighted by Gasteiger charge is 2.46. The SMILES string of the molecule is COC(=O)NCC(C)(C)CC(=O)NN(CCC(C)(C)C)CC(O)C(Cc1ccccc1)NC(=O)C(C1CNC(=O)N1Cc1cccc(C(C)(C)O)n1)C(C)(C)C. The average Bonchev–Trinajstić information content (AvgIpc) is 3.43. The van der Waals surface area contributed by atoms with Crippen LogP contribution in [0.4, 0.5) is 9.59 Å². The Bertz CT molecular complexity index is 1620. The van der Waals surface area contributed by atoms with Gasteiger partial charge in [0.05, 0.1) is 49.1 Å². The van der Waals surface area contributed by atoms with E-state index in [-0.39, 0.29) is 55.9 Å². The van der Waals surface area contributed by atoms with Gasteiger partial charge >= 0.3 is 12.1 Å². The van der Waals surface area contributed by atoms with Crippen LogP contribution >= 0.6 is 0 Å². The standard InChI is InChI=1S/C42H67N7O7/c1-39(2,3)20-21-48(47-34(51)23-41(7,8)27-44-38(54)56-11)26-32(50)30(22-28-16-13-12-14-17-28)46-36(52)35(40(4,5)6)31-24-43-37(53)49(31)25-29-18-15-19-33(45-29)42(9,10)55/h12-19,30-32,35,50,55H,20-27H2,1-11H3,(H,43,53)(H,44,54)(H,46,52)(H,47,51). The molecule has 14 nitrogen and oxygen atoms in total. The average molecular weight is 782 g/mol. The Morgan fingerprint density at radius 2 is 1.66 bits per heavy atom. The molecule has 14 heteroatoms. The number of aromatic nitrogens is 1. The molecule has 1 aromatic heterocycles. The number of rotatable bonds is 18. The van der Waals surface area contributed by atoms with Gasteiger partial charge in [0.1, 0.15) is 5.60 Å². The molecule has 0 aliphatic carbocycles. The second kappa shape index (κ2) is 19.3. The number of pyridine rings is 1. The number of methoxy groups -OCH3 is 1. The van der Waals surface area contributed by atoms with Gasteiger partial charge in [-0.15, -0.1) is 0 Å². The van der Waals surface area contributed by atoms with Crippen LogP contribution in [0.1, 0.15) is 99.0 Å². The number of aliphatic hydroxyl groups excluding tert-OH is 1. The first-order valence-electron chi connectivity index (χ1n) is 19.5. The third-order valence-corrected chi connectivity index (χ3v) is 9.94. The fraction of sp³-hybridized carbons (Fsp3) is 0.643. The number of urea groups is 1. The van der Waals surface area contributed by atoms with E-state index in [0.717, 1.165) is 5.56 Å². The molecule has 5 amide bonds. The summed E-state index contributed by atoms with van der Waals surface area (Å²) in [6, 6.07) is 13.3. The maximum atomic E-state index is 14.6. The van der Waals surface area contributed by atoms with Crippen molar-refractivity contribution in [3.8, 4) is 0 Å². The van der Waals surface area contributed by atoms with Gasteiger partial charge in [0, 0.05) is 32.6 Å². The van der Waals surface area contributed by atoms with Crippen molar-refractivity contribution in [1.82, 2.24) is 36.3 Å². The lowest BCUT2D eigenvalue weighted by atomic mass is 9.75. The lowest BCUT2D eigenvalue weighted by Gasteiger charge is -2.39. The molecule has 56 heavy (non-hydrogen) atoms. The molecule has 2 heterocycles. The zero-order valence-corrected chi connectivity index (χ0v) is 35.4. The molecule has 1 saturated heterocycles. The molecule has 0 saturated carbocycles. The molecule has 0 bridgehead atoms. The molecular formula is C42H67N7O7.